The van der Waals surface area contributed by atoms with Crippen molar-refractivity contribution in [2.75, 3.05) is 6.54 Å². The molecule has 1 amide bonds. The first kappa shape index (κ1) is 17.4. The van der Waals surface area contributed by atoms with Crippen LogP contribution in [0.25, 0.3) is 11.4 Å². The summed E-state index contributed by atoms with van der Waals surface area (Å²) in [5, 5.41) is 25.4. The molecule has 0 fully saturated rings. The van der Waals surface area contributed by atoms with Gasteiger partial charge in [-0.3, -0.25) is 4.79 Å². The topological polar surface area (TPSA) is 92.9 Å². The molecule has 0 aliphatic heterocycles. The summed E-state index contributed by atoms with van der Waals surface area (Å²) < 4.78 is 0. The zero-order chi connectivity index (χ0) is 16.9. The van der Waals surface area contributed by atoms with Crippen molar-refractivity contribution in [2.45, 2.75) is 38.8 Å². The number of hydrogen-bond donors (Lipinski definition) is 2. The molecule has 0 unspecified atom stereocenters. The number of carbonyl (C=O) groups excluding carboxylic acids is 1. The smallest absolute Gasteiger partial charge is 0.243 e. The van der Waals surface area contributed by atoms with Crippen molar-refractivity contribution in [3.8, 4) is 11.4 Å². The molecule has 2 rings (SSSR count). The van der Waals surface area contributed by atoms with Gasteiger partial charge in [0.2, 0.25) is 11.7 Å². The number of tetrazole rings is 1. The highest BCUT2D eigenvalue weighted by atomic mass is 35.5. The maximum atomic E-state index is 11.9. The predicted octanol–water partition coefficient (Wildman–Crippen LogP) is 1.66. The number of hydrogen-bond acceptors (Lipinski definition) is 5. The van der Waals surface area contributed by atoms with E-state index in [4.69, 9.17) is 11.6 Å². The Morgan fingerprint density at radius 1 is 1.30 bits per heavy atom. The number of aliphatic hydroxyl groups is 1. The molecule has 2 aromatic rings. The fourth-order valence-electron chi connectivity index (χ4n) is 1.97. The van der Waals surface area contributed by atoms with Crippen molar-refractivity contribution < 1.29 is 9.90 Å². The van der Waals surface area contributed by atoms with E-state index in [2.05, 4.69) is 20.7 Å². The Bertz CT molecular complexity index is 652. The molecule has 8 heteroatoms. The first-order valence-electron chi connectivity index (χ1n) is 7.48. The van der Waals surface area contributed by atoms with E-state index >= 15 is 0 Å². The highest BCUT2D eigenvalue weighted by Gasteiger charge is 2.22. The van der Waals surface area contributed by atoms with Crippen LogP contribution < -0.4 is 5.32 Å². The maximum Gasteiger partial charge on any atom is 0.243 e. The standard InChI is InChI=1S/C15H20ClN5O2/c1-3-15(23,4-2)10-17-13(22)9-21-19-14(18-20-21)11-5-7-12(16)8-6-11/h5-8,23H,3-4,9-10H2,1-2H3,(H,17,22). The Kier molecular flexibility index (Phi) is 5.68. The van der Waals surface area contributed by atoms with Gasteiger partial charge >= 0.3 is 0 Å². The maximum absolute atomic E-state index is 11.9. The molecule has 0 saturated heterocycles. The van der Waals surface area contributed by atoms with Crippen molar-refractivity contribution in [2.24, 2.45) is 0 Å². The first-order valence-corrected chi connectivity index (χ1v) is 7.86. The number of carbonyl (C=O) groups is 1. The van der Waals surface area contributed by atoms with E-state index < -0.39 is 5.60 Å². The van der Waals surface area contributed by atoms with Gasteiger partial charge in [0.15, 0.2) is 0 Å². The van der Waals surface area contributed by atoms with Crippen LogP contribution in [0.2, 0.25) is 5.02 Å². The number of aromatic nitrogens is 4. The first-order chi connectivity index (χ1) is 11.0. The summed E-state index contributed by atoms with van der Waals surface area (Å²) in [6.45, 7) is 3.92. The molecule has 1 aromatic heterocycles. The van der Waals surface area contributed by atoms with Gasteiger partial charge in [-0.05, 0) is 42.3 Å². The van der Waals surface area contributed by atoms with E-state index in [-0.39, 0.29) is 19.0 Å². The Morgan fingerprint density at radius 3 is 2.57 bits per heavy atom. The van der Waals surface area contributed by atoms with Gasteiger partial charge < -0.3 is 10.4 Å². The Hall–Kier alpha value is -1.99. The number of amides is 1. The van der Waals surface area contributed by atoms with Crippen molar-refractivity contribution in [3.63, 3.8) is 0 Å². The van der Waals surface area contributed by atoms with E-state index in [0.717, 1.165) is 5.56 Å². The molecule has 23 heavy (non-hydrogen) atoms. The average Bonchev–Trinajstić information content (AvgIpc) is 3.01. The predicted molar refractivity (Wildman–Crippen MR) is 86.8 cm³/mol. The summed E-state index contributed by atoms with van der Waals surface area (Å²) in [7, 11) is 0. The van der Waals surface area contributed by atoms with Crippen LogP contribution in [0.15, 0.2) is 24.3 Å². The number of benzene rings is 1. The number of rotatable bonds is 7. The molecular weight excluding hydrogens is 318 g/mol. The molecule has 2 N–H and O–H groups in total. The van der Waals surface area contributed by atoms with Gasteiger partial charge in [-0.25, -0.2) is 0 Å². The van der Waals surface area contributed by atoms with Gasteiger partial charge in [0.25, 0.3) is 0 Å². The summed E-state index contributed by atoms with van der Waals surface area (Å²) in [6.07, 6.45) is 1.15. The molecule has 0 saturated carbocycles. The van der Waals surface area contributed by atoms with Gasteiger partial charge in [-0.15, -0.1) is 10.2 Å². The third-order valence-electron chi connectivity index (χ3n) is 3.77. The second-order valence-corrected chi connectivity index (χ2v) is 5.79. The SMILES string of the molecule is CCC(O)(CC)CNC(=O)Cn1nnc(-c2ccc(Cl)cc2)n1. The number of nitrogens with one attached hydrogen (secondary N) is 1. The van der Waals surface area contributed by atoms with Gasteiger partial charge in [-0.1, -0.05) is 25.4 Å². The normalized spacial score (nSPS) is 11.5. The summed E-state index contributed by atoms with van der Waals surface area (Å²) in [6, 6.07) is 7.04. The van der Waals surface area contributed by atoms with Crippen LogP contribution >= 0.6 is 11.6 Å². The van der Waals surface area contributed by atoms with Crippen LogP contribution in [-0.4, -0.2) is 43.4 Å². The fourth-order valence-corrected chi connectivity index (χ4v) is 2.10. The third-order valence-corrected chi connectivity index (χ3v) is 4.02. The summed E-state index contributed by atoms with van der Waals surface area (Å²) in [5.41, 5.74) is -0.104. The highest BCUT2D eigenvalue weighted by Crippen LogP contribution is 2.17. The third kappa shape index (κ3) is 4.74. The Labute approximate surface area is 139 Å². The molecule has 0 radical (unpaired) electrons. The summed E-state index contributed by atoms with van der Waals surface area (Å²) in [5.74, 6) is 0.151. The van der Waals surface area contributed by atoms with Crippen molar-refractivity contribution in [1.82, 2.24) is 25.5 Å². The molecular formula is C15H20ClN5O2. The number of halogens is 1. The largest absolute Gasteiger partial charge is 0.388 e. The van der Waals surface area contributed by atoms with Gasteiger partial charge in [0.05, 0.1) is 5.60 Å². The quantitative estimate of drug-likeness (QED) is 0.801. The van der Waals surface area contributed by atoms with Crippen LogP contribution in [0.4, 0.5) is 0 Å². The van der Waals surface area contributed by atoms with E-state index in [1.54, 1.807) is 24.3 Å². The lowest BCUT2D eigenvalue weighted by molar-refractivity contribution is -0.123. The fraction of sp³-hybridized carbons (Fsp3) is 0.467. The molecule has 1 heterocycles. The Balaban J connectivity index is 1.94. The van der Waals surface area contributed by atoms with Gasteiger partial charge in [0, 0.05) is 17.1 Å². The molecule has 124 valence electrons. The second kappa shape index (κ2) is 7.52. The molecule has 1 aromatic carbocycles. The second-order valence-electron chi connectivity index (χ2n) is 5.36. The van der Waals surface area contributed by atoms with Gasteiger partial charge in [0.1, 0.15) is 6.54 Å². The van der Waals surface area contributed by atoms with Crippen LogP contribution in [0.5, 0.6) is 0 Å². The Morgan fingerprint density at radius 2 is 1.96 bits per heavy atom. The minimum absolute atomic E-state index is 0.0515. The molecule has 0 bridgehead atoms. The van der Waals surface area contributed by atoms with Gasteiger partial charge in [-0.2, -0.15) is 4.80 Å². The zero-order valence-electron chi connectivity index (χ0n) is 13.2. The number of nitrogens with zero attached hydrogens (tertiary/aromatic N) is 4. The summed E-state index contributed by atoms with van der Waals surface area (Å²) in [4.78, 5) is 13.1. The van der Waals surface area contributed by atoms with Crippen LogP contribution in [0, 0.1) is 0 Å². The molecule has 7 nitrogen and oxygen atoms in total. The van der Waals surface area contributed by atoms with Crippen LogP contribution in [0.1, 0.15) is 26.7 Å². The van der Waals surface area contributed by atoms with Crippen LogP contribution in [-0.2, 0) is 11.3 Å². The van der Waals surface area contributed by atoms with E-state index in [1.165, 1.54) is 4.80 Å². The average molecular weight is 338 g/mol. The molecule has 0 aliphatic carbocycles. The zero-order valence-corrected chi connectivity index (χ0v) is 13.9. The van der Waals surface area contributed by atoms with E-state index in [9.17, 15) is 9.90 Å². The van der Waals surface area contributed by atoms with E-state index in [1.807, 2.05) is 13.8 Å². The lowest BCUT2D eigenvalue weighted by atomic mass is 9.98. The lowest BCUT2D eigenvalue weighted by Gasteiger charge is -2.25. The molecule has 0 spiro atoms. The van der Waals surface area contributed by atoms with Crippen LogP contribution in [0.3, 0.4) is 0 Å². The van der Waals surface area contributed by atoms with Crippen molar-refractivity contribution in [3.05, 3.63) is 29.3 Å². The lowest BCUT2D eigenvalue weighted by Crippen LogP contribution is -2.43. The minimum Gasteiger partial charge on any atom is -0.388 e. The highest BCUT2D eigenvalue weighted by molar-refractivity contribution is 6.30. The van der Waals surface area contributed by atoms with E-state index in [0.29, 0.717) is 23.7 Å². The van der Waals surface area contributed by atoms with Crippen molar-refractivity contribution in [1.29, 1.82) is 0 Å². The van der Waals surface area contributed by atoms with Crippen molar-refractivity contribution >= 4 is 17.5 Å². The molecule has 0 atom stereocenters. The molecule has 0 aliphatic rings. The minimum atomic E-state index is -0.875. The monoisotopic (exact) mass is 337 g/mol. The summed E-state index contributed by atoms with van der Waals surface area (Å²) >= 11 is 5.83.